The van der Waals surface area contributed by atoms with Gasteiger partial charge in [0.15, 0.2) is 0 Å². The number of carbonyl (C=O) groups is 1. The monoisotopic (exact) mass is 403 g/mol. The molecule has 6 rings (SSSR count). The van der Waals surface area contributed by atoms with Gasteiger partial charge in [0.2, 0.25) is 0 Å². The third-order valence-corrected chi connectivity index (χ3v) is 6.49. The van der Waals surface area contributed by atoms with Crippen LogP contribution in [0, 0.1) is 6.92 Å². The molecule has 2 aliphatic heterocycles. The van der Waals surface area contributed by atoms with Crippen molar-refractivity contribution in [2.75, 3.05) is 41.3 Å². The Labute approximate surface area is 174 Å². The van der Waals surface area contributed by atoms with E-state index in [0.717, 1.165) is 48.9 Å². The normalized spacial score (nSPS) is 19.4. The predicted molar refractivity (Wildman–Crippen MR) is 116 cm³/mol. The Morgan fingerprint density at radius 3 is 2.97 bits per heavy atom. The van der Waals surface area contributed by atoms with Crippen LogP contribution in [0.2, 0.25) is 0 Å². The minimum atomic E-state index is -0.145. The third kappa shape index (κ3) is 2.90. The number of nitrogens with one attached hydrogen (secondary N) is 2. The Kier molecular flexibility index (Phi) is 3.80. The summed E-state index contributed by atoms with van der Waals surface area (Å²) in [5.41, 5.74) is 5.29. The molecule has 2 amide bonds. The second-order valence-corrected chi connectivity index (χ2v) is 8.66. The van der Waals surface area contributed by atoms with E-state index in [9.17, 15) is 4.79 Å². The van der Waals surface area contributed by atoms with E-state index >= 15 is 0 Å². The van der Waals surface area contributed by atoms with Gasteiger partial charge in [-0.2, -0.15) is 0 Å². The van der Waals surface area contributed by atoms with Crippen molar-refractivity contribution in [3.05, 3.63) is 48.0 Å². The molecule has 3 aromatic heterocycles. The molecule has 1 spiro atoms. The molecule has 8 heteroatoms. The molecule has 1 aliphatic carbocycles. The van der Waals surface area contributed by atoms with Crippen LogP contribution < -0.4 is 20.4 Å². The van der Waals surface area contributed by atoms with Crippen molar-refractivity contribution in [3.8, 4) is 0 Å². The molecule has 8 nitrogen and oxygen atoms in total. The lowest BCUT2D eigenvalue weighted by atomic mass is 10.1. The van der Waals surface area contributed by atoms with Crippen molar-refractivity contribution >= 4 is 28.9 Å². The van der Waals surface area contributed by atoms with Crippen LogP contribution in [0.25, 0.3) is 5.65 Å². The summed E-state index contributed by atoms with van der Waals surface area (Å²) in [5.74, 6) is 0.785. The maximum absolute atomic E-state index is 13.0. The molecular weight excluding hydrogens is 378 g/mol. The molecule has 0 radical (unpaired) electrons. The summed E-state index contributed by atoms with van der Waals surface area (Å²) >= 11 is 0. The molecule has 0 aromatic carbocycles. The number of pyridine rings is 2. The summed E-state index contributed by atoms with van der Waals surface area (Å²) < 4.78 is 1.93. The second-order valence-electron chi connectivity index (χ2n) is 8.66. The first-order valence-electron chi connectivity index (χ1n) is 10.6. The largest absolute Gasteiger partial charge is 0.368 e. The van der Waals surface area contributed by atoms with Crippen LogP contribution in [-0.2, 0) is 6.42 Å². The van der Waals surface area contributed by atoms with Crippen LogP contribution >= 0.6 is 0 Å². The quantitative estimate of drug-likeness (QED) is 0.688. The number of hydrogen-bond donors (Lipinski definition) is 2. The molecule has 5 heterocycles. The third-order valence-electron chi connectivity index (χ3n) is 6.49. The molecular formula is C22H25N7O. The lowest BCUT2D eigenvalue weighted by Crippen LogP contribution is -2.52. The van der Waals surface area contributed by atoms with Gasteiger partial charge in [0, 0.05) is 61.6 Å². The molecule has 0 unspecified atom stereocenters. The number of hydrogen-bond acceptors (Lipinski definition) is 5. The molecule has 3 aliphatic rings. The lowest BCUT2D eigenvalue weighted by Gasteiger charge is -2.36. The summed E-state index contributed by atoms with van der Waals surface area (Å²) in [5, 5.41) is 6.69. The van der Waals surface area contributed by atoms with Gasteiger partial charge >= 0.3 is 6.03 Å². The Balaban J connectivity index is 1.24. The number of piperazine rings is 1. The van der Waals surface area contributed by atoms with Gasteiger partial charge in [-0.1, -0.05) is 0 Å². The van der Waals surface area contributed by atoms with Crippen LogP contribution in [-0.4, -0.2) is 52.1 Å². The number of rotatable bonds is 2. The first-order valence-corrected chi connectivity index (χ1v) is 10.6. The summed E-state index contributed by atoms with van der Waals surface area (Å²) in [7, 11) is 0. The smallest absolute Gasteiger partial charge is 0.327 e. The van der Waals surface area contributed by atoms with Crippen molar-refractivity contribution in [1.29, 1.82) is 0 Å². The van der Waals surface area contributed by atoms with E-state index in [-0.39, 0.29) is 6.03 Å². The zero-order chi connectivity index (χ0) is 20.3. The number of amides is 2. The fourth-order valence-electron chi connectivity index (χ4n) is 4.80. The second kappa shape index (κ2) is 6.43. The number of fused-ring (bicyclic) bond motifs is 2. The van der Waals surface area contributed by atoms with E-state index in [2.05, 4.69) is 31.6 Å². The maximum atomic E-state index is 13.0. The van der Waals surface area contributed by atoms with Gasteiger partial charge in [-0.3, -0.25) is 4.90 Å². The van der Waals surface area contributed by atoms with Crippen LogP contribution in [0.15, 0.2) is 36.8 Å². The van der Waals surface area contributed by atoms with E-state index < -0.39 is 0 Å². The average Bonchev–Trinajstić information content (AvgIpc) is 3.17. The van der Waals surface area contributed by atoms with E-state index in [1.165, 1.54) is 24.1 Å². The topological polar surface area (TPSA) is 77.8 Å². The van der Waals surface area contributed by atoms with E-state index in [1.807, 2.05) is 42.0 Å². The van der Waals surface area contributed by atoms with Gasteiger partial charge in [-0.05, 0) is 44.4 Å². The number of imidazole rings is 1. The van der Waals surface area contributed by atoms with E-state index in [1.54, 1.807) is 4.90 Å². The standard InChI is InChI=1S/C22H25N7O/c1-15-12-28-13-16(2-3-19(28)25-15)26-21(30)29-10-5-17-18(4-8-23-20(17)29)27-11-9-24-22(14-27)6-7-22/h2-4,8,12-13,24H,5-7,9-11,14H2,1H3,(H,26,30). The number of aryl methyl sites for hydroxylation is 1. The van der Waals surface area contributed by atoms with Crippen LogP contribution in [0.3, 0.4) is 0 Å². The molecule has 2 N–H and O–H groups in total. The predicted octanol–water partition coefficient (Wildman–Crippen LogP) is 2.57. The van der Waals surface area contributed by atoms with Gasteiger partial charge in [0.1, 0.15) is 11.5 Å². The Morgan fingerprint density at radius 2 is 2.10 bits per heavy atom. The van der Waals surface area contributed by atoms with E-state index in [0.29, 0.717) is 12.1 Å². The number of urea groups is 1. The van der Waals surface area contributed by atoms with Crippen molar-refractivity contribution in [3.63, 3.8) is 0 Å². The van der Waals surface area contributed by atoms with Gasteiger partial charge < -0.3 is 19.9 Å². The Morgan fingerprint density at radius 1 is 1.20 bits per heavy atom. The van der Waals surface area contributed by atoms with E-state index in [4.69, 9.17) is 0 Å². The highest BCUT2D eigenvalue weighted by molar-refractivity contribution is 6.03. The molecule has 2 fully saturated rings. The van der Waals surface area contributed by atoms with Crippen LogP contribution in [0.4, 0.5) is 22.0 Å². The number of nitrogens with zero attached hydrogens (tertiary/aromatic N) is 5. The van der Waals surface area contributed by atoms with Crippen molar-refractivity contribution in [2.45, 2.75) is 31.7 Å². The number of aromatic nitrogens is 3. The summed E-state index contributed by atoms with van der Waals surface area (Å²) in [6.45, 7) is 5.65. The highest BCUT2D eigenvalue weighted by Gasteiger charge is 2.46. The summed E-state index contributed by atoms with van der Waals surface area (Å²) in [4.78, 5) is 26.3. The highest BCUT2D eigenvalue weighted by atomic mass is 16.2. The zero-order valence-corrected chi connectivity index (χ0v) is 17.1. The molecule has 1 saturated carbocycles. The number of carbonyl (C=O) groups excluding carboxylic acids is 1. The first-order chi connectivity index (χ1) is 14.6. The average molecular weight is 403 g/mol. The summed E-state index contributed by atoms with van der Waals surface area (Å²) in [6, 6.07) is 5.76. The molecule has 3 aromatic rings. The molecule has 30 heavy (non-hydrogen) atoms. The minimum Gasteiger partial charge on any atom is -0.368 e. The lowest BCUT2D eigenvalue weighted by molar-refractivity contribution is 0.257. The van der Waals surface area contributed by atoms with Crippen molar-refractivity contribution < 1.29 is 4.79 Å². The van der Waals surface area contributed by atoms with Gasteiger partial charge in [-0.25, -0.2) is 14.8 Å². The van der Waals surface area contributed by atoms with Crippen molar-refractivity contribution in [1.82, 2.24) is 19.7 Å². The molecule has 1 saturated heterocycles. The SMILES string of the molecule is Cc1cn2cc(NC(=O)N3CCc4c(N5CCNC6(CC6)C5)ccnc43)ccc2n1. The van der Waals surface area contributed by atoms with Crippen molar-refractivity contribution in [2.24, 2.45) is 0 Å². The van der Waals surface area contributed by atoms with Crippen LogP contribution in [0.1, 0.15) is 24.1 Å². The fraction of sp³-hybridized carbons (Fsp3) is 0.409. The first kappa shape index (κ1) is 17.7. The highest BCUT2D eigenvalue weighted by Crippen LogP contribution is 2.41. The molecule has 0 atom stereocenters. The van der Waals surface area contributed by atoms with Gasteiger partial charge in [-0.15, -0.1) is 0 Å². The fourth-order valence-corrected chi connectivity index (χ4v) is 4.80. The zero-order valence-electron chi connectivity index (χ0n) is 17.1. The Bertz CT molecular complexity index is 1150. The van der Waals surface area contributed by atoms with Crippen LogP contribution in [0.5, 0.6) is 0 Å². The Hall–Kier alpha value is -3.13. The maximum Gasteiger partial charge on any atom is 0.327 e. The number of anilines is 3. The minimum absolute atomic E-state index is 0.145. The summed E-state index contributed by atoms with van der Waals surface area (Å²) in [6.07, 6.45) is 9.02. The molecule has 0 bridgehead atoms. The molecule has 154 valence electrons. The van der Waals surface area contributed by atoms with Gasteiger partial charge in [0.05, 0.1) is 11.4 Å². The van der Waals surface area contributed by atoms with Gasteiger partial charge in [0.25, 0.3) is 0 Å².